The molecule has 2 aromatic carbocycles. The quantitative estimate of drug-likeness (QED) is 0.788. The van der Waals surface area contributed by atoms with E-state index < -0.39 is 36.6 Å². The molecule has 0 aliphatic rings. The Hall–Kier alpha value is -1.88. The van der Waals surface area contributed by atoms with Crippen LogP contribution in [0.1, 0.15) is 5.56 Å². The van der Waals surface area contributed by atoms with Crippen LogP contribution < -0.4 is 9.86 Å². The highest BCUT2D eigenvalue weighted by Gasteiger charge is 2.23. The predicted molar refractivity (Wildman–Crippen MR) is 83.1 cm³/mol. The van der Waals surface area contributed by atoms with Crippen LogP contribution in [0.25, 0.3) is 0 Å². The van der Waals surface area contributed by atoms with E-state index in [1.54, 1.807) is 0 Å². The maximum atomic E-state index is 13.5. The van der Waals surface area contributed by atoms with Crippen molar-refractivity contribution in [2.45, 2.75) is 16.2 Å². The highest BCUT2D eigenvalue weighted by atomic mass is 32.2. The van der Waals surface area contributed by atoms with Crippen molar-refractivity contribution in [1.82, 2.24) is 4.72 Å². The van der Waals surface area contributed by atoms with Gasteiger partial charge < -0.3 is 0 Å². The molecule has 0 unspecified atom stereocenters. The van der Waals surface area contributed by atoms with Crippen LogP contribution in [0.2, 0.25) is 0 Å². The Morgan fingerprint density at radius 2 is 1.46 bits per heavy atom. The van der Waals surface area contributed by atoms with E-state index in [0.717, 1.165) is 18.2 Å². The Morgan fingerprint density at radius 1 is 0.917 bits per heavy atom. The molecule has 0 radical (unpaired) electrons. The standard InChI is InChI=1S/C14H14F2N2O4S2/c15-12-2-1-3-13(16)14(12)24(21,22)18-9-8-10-4-6-11(7-5-10)23(17,19)20/h1-7,18H,8-9H2,(H2,17,19,20). The minimum absolute atomic E-state index is 0.0692. The predicted octanol–water partition coefficient (Wildman–Crippen LogP) is 1.13. The summed E-state index contributed by atoms with van der Waals surface area (Å²) in [6, 6.07) is 8.28. The number of benzene rings is 2. The number of primary sulfonamides is 1. The zero-order valence-corrected chi connectivity index (χ0v) is 13.9. The van der Waals surface area contributed by atoms with E-state index in [9.17, 15) is 25.6 Å². The molecule has 10 heteroatoms. The first kappa shape index (κ1) is 18.5. The Kier molecular flexibility index (Phi) is 5.33. The van der Waals surface area contributed by atoms with Crippen molar-refractivity contribution in [2.75, 3.05) is 6.54 Å². The van der Waals surface area contributed by atoms with Gasteiger partial charge in [0.2, 0.25) is 20.0 Å². The van der Waals surface area contributed by atoms with E-state index >= 15 is 0 Å². The summed E-state index contributed by atoms with van der Waals surface area (Å²) >= 11 is 0. The second kappa shape index (κ2) is 6.93. The molecule has 2 aromatic rings. The van der Waals surface area contributed by atoms with Crippen molar-refractivity contribution in [2.24, 2.45) is 5.14 Å². The lowest BCUT2D eigenvalue weighted by molar-refractivity contribution is 0.514. The van der Waals surface area contributed by atoms with Crippen molar-refractivity contribution in [3.05, 3.63) is 59.7 Å². The van der Waals surface area contributed by atoms with Gasteiger partial charge in [0, 0.05) is 6.54 Å². The molecule has 0 bridgehead atoms. The van der Waals surface area contributed by atoms with Gasteiger partial charge in [0.15, 0.2) is 4.90 Å². The molecule has 0 aliphatic heterocycles. The van der Waals surface area contributed by atoms with E-state index in [-0.39, 0.29) is 17.9 Å². The first-order valence-corrected chi connectivity index (χ1v) is 9.69. The van der Waals surface area contributed by atoms with Gasteiger partial charge in [0.1, 0.15) is 11.6 Å². The van der Waals surface area contributed by atoms with Gasteiger partial charge in [-0.2, -0.15) is 0 Å². The van der Waals surface area contributed by atoms with Gasteiger partial charge in [-0.05, 0) is 36.2 Å². The fraction of sp³-hybridized carbons (Fsp3) is 0.143. The van der Waals surface area contributed by atoms with E-state index in [2.05, 4.69) is 4.72 Å². The van der Waals surface area contributed by atoms with Gasteiger partial charge in [-0.25, -0.2) is 35.5 Å². The largest absolute Gasteiger partial charge is 0.246 e. The molecule has 0 atom stereocenters. The van der Waals surface area contributed by atoms with Crippen molar-refractivity contribution in [1.29, 1.82) is 0 Å². The lowest BCUT2D eigenvalue weighted by atomic mass is 10.2. The number of hydrogen-bond donors (Lipinski definition) is 2. The minimum Gasteiger partial charge on any atom is -0.225 e. The summed E-state index contributed by atoms with van der Waals surface area (Å²) < 4.78 is 75.3. The fourth-order valence-corrected chi connectivity index (χ4v) is 3.67. The molecule has 2 rings (SSSR count). The topological polar surface area (TPSA) is 106 Å². The van der Waals surface area contributed by atoms with Crippen molar-refractivity contribution in [3.8, 4) is 0 Å². The van der Waals surface area contributed by atoms with Gasteiger partial charge in [-0.3, -0.25) is 0 Å². The highest BCUT2D eigenvalue weighted by molar-refractivity contribution is 7.89. The van der Waals surface area contributed by atoms with Crippen LogP contribution in [-0.2, 0) is 26.5 Å². The second-order valence-corrected chi connectivity index (χ2v) is 8.15. The molecule has 0 saturated carbocycles. The van der Waals surface area contributed by atoms with E-state index in [1.807, 2.05) is 0 Å². The van der Waals surface area contributed by atoms with E-state index in [1.165, 1.54) is 24.3 Å². The zero-order chi connectivity index (χ0) is 18.0. The Bertz CT molecular complexity index is 923. The van der Waals surface area contributed by atoms with E-state index in [4.69, 9.17) is 5.14 Å². The molecular formula is C14H14F2N2O4S2. The van der Waals surface area contributed by atoms with Crippen molar-refractivity contribution < 1.29 is 25.6 Å². The third-order valence-corrected chi connectivity index (χ3v) is 5.59. The summed E-state index contributed by atoms with van der Waals surface area (Å²) in [6.07, 6.45) is 0.195. The highest BCUT2D eigenvalue weighted by Crippen LogP contribution is 2.18. The van der Waals surface area contributed by atoms with E-state index in [0.29, 0.717) is 5.56 Å². The molecule has 6 nitrogen and oxygen atoms in total. The summed E-state index contributed by atoms with van der Waals surface area (Å²) in [4.78, 5) is -1.10. The monoisotopic (exact) mass is 376 g/mol. The minimum atomic E-state index is -4.34. The first-order valence-electron chi connectivity index (χ1n) is 6.67. The average molecular weight is 376 g/mol. The molecule has 3 N–H and O–H groups in total. The Balaban J connectivity index is 2.06. The Labute approximate surface area is 138 Å². The van der Waals surface area contributed by atoms with Crippen LogP contribution in [0.3, 0.4) is 0 Å². The molecule has 0 heterocycles. The van der Waals surface area contributed by atoms with Gasteiger partial charge >= 0.3 is 0 Å². The summed E-state index contributed by atoms with van der Waals surface area (Å²) in [5.74, 6) is -2.36. The average Bonchev–Trinajstić information content (AvgIpc) is 2.46. The zero-order valence-electron chi connectivity index (χ0n) is 12.2. The lowest BCUT2D eigenvalue weighted by Crippen LogP contribution is -2.27. The second-order valence-electron chi connectivity index (χ2n) is 4.89. The first-order chi connectivity index (χ1) is 11.1. The van der Waals surface area contributed by atoms with Gasteiger partial charge in [-0.15, -0.1) is 0 Å². The van der Waals surface area contributed by atoms with Crippen LogP contribution in [-0.4, -0.2) is 23.4 Å². The van der Waals surface area contributed by atoms with Crippen LogP contribution in [0.4, 0.5) is 8.78 Å². The van der Waals surface area contributed by atoms with Gasteiger partial charge in [0.25, 0.3) is 0 Å². The number of nitrogens with one attached hydrogen (secondary N) is 1. The molecule has 0 fully saturated rings. The Morgan fingerprint density at radius 3 is 1.96 bits per heavy atom. The summed E-state index contributed by atoms with van der Waals surface area (Å²) in [5.41, 5.74) is 0.624. The smallest absolute Gasteiger partial charge is 0.225 e. The number of halogens is 2. The number of sulfonamides is 2. The third-order valence-electron chi connectivity index (χ3n) is 3.15. The summed E-state index contributed by atoms with van der Waals surface area (Å²) in [5, 5.41) is 4.97. The summed E-state index contributed by atoms with van der Waals surface area (Å²) in [6.45, 7) is -0.120. The number of rotatable bonds is 6. The van der Waals surface area contributed by atoms with Crippen molar-refractivity contribution >= 4 is 20.0 Å². The SMILES string of the molecule is NS(=O)(=O)c1ccc(CCNS(=O)(=O)c2c(F)cccc2F)cc1. The molecule has 0 spiro atoms. The molecule has 0 amide bonds. The molecule has 24 heavy (non-hydrogen) atoms. The third kappa shape index (κ3) is 4.35. The normalized spacial score (nSPS) is 12.3. The maximum Gasteiger partial charge on any atom is 0.246 e. The number of nitrogens with two attached hydrogens (primary N) is 1. The van der Waals surface area contributed by atoms with Crippen LogP contribution in [0.15, 0.2) is 52.3 Å². The summed E-state index contributed by atoms with van der Waals surface area (Å²) in [7, 11) is -8.14. The number of hydrogen-bond acceptors (Lipinski definition) is 4. The molecule has 0 aliphatic carbocycles. The van der Waals surface area contributed by atoms with Crippen LogP contribution >= 0.6 is 0 Å². The van der Waals surface area contributed by atoms with Gasteiger partial charge in [-0.1, -0.05) is 18.2 Å². The molecule has 0 aromatic heterocycles. The fourth-order valence-electron chi connectivity index (χ4n) is 1.99. The van der Waals surface area contributed by atoms with Gasteiger partial charge in [0.05, 0.1) is 4.90 Å². The van der Waals surface area contributed by atoms with Crippen molar-refractivity contribution in [3.63, 3.8) is 0 Å². The van der Waals surface area contributed by atoms with Crippen LogP contribution in [0.5, 0.6) is 0 Å². The molecule has 0 saturated heterocycles. The maximum absolute atomic E-state index is 13.5. The lowest BCUT2D eigenvalue weighted by Gasteiger charge is -2.09. The van der Waals surface area contributed by atoms with Crippen LogP contribution in [0, 0.1) is 11.6 Å². The molecular weight excluding hydrogens is 362 g/mol. The molecule has 130 valence electrons.